The van der Waals surface area contributed by atoms with Crippen molar-refractivity contribution in [3.8, 4) is 0 Å². The van der Waals surface area contributed by atoms with Gasteiger partial charge in [0.1, 0.15) is 5.78 Å². The lowest BCUT2D eigenvalue weighted by molar-refractivity contribution is -0.120. The van der Waals surface area contributed by atoms with Crippen molar-refractivity contribution in [1.29, 1.82) is 0 Å². The first-order valence-electron chi connectivity index (χ1n) is 4.11. The molecule has 2 nitrogen and oxygen atoms in total. The molecule has 0 fully saturated rings. The fourth-order valence-electron chi connectivity index (χ4n) is 0.833. The van der Waals surface area contributed by atoms with Gasteiger partial charge in [-0.1, -0.05) is 11.6 Å². The molecule has 0 aliphatic rings. The van der Waals surface area contributed by atoms with Crippen LogP contribution in [-0.4, -0.2) is 11.8 Å². The molecule has 0 heterocycles. The topological polar surface area (TPSA) is 43.1 Å². The molecule has 0 aromatic rings. The summed E-state index contributed by atoms with van der Waals surface area (Å²) < 4.78 is 0. The number of nitrogens with two attached hydrogens (primary N) is 1. The minimum Gasteiger partial charge on any atom is -0.321 e. The summed E-state index contributed by atoms with van der Waals surface area (Å²) in [5.41, 5.74) is 6.59. The van der Waals surface area contributed by atoms with Gasteiger partial charge in [0, 0.05) is 6.42 Å². The smallest absolute Gasteiger partial charge is 0.150 e. The van der Waals surface area contributed by atoms with E-state index in [4.69, 9.17) is 5.73 Å². The lowest BCUT2D eigenvalue weighted by Gasteiger charge is -2.06. The van der Waals surface area contributed by atoms with E-state index in [9.17, 15) is 4.79 Å². The fourth-order valence-corrected chi connectivity index (χ4v) is 0.833. The van der Waals surface area contributed by atoms with Crippen LogP contribution in [0.25, 0.3) is 0 Å². The highest BCUT2D eigenvalue weighted by molar-refractivity contribution is 5.84. The van der Waals surface area contributed by atoms with Gasteiger partial charge in [-0.05, 0) is 19.8 Å². The number of carbonyl (C=O) groups is 1. The molecular formula is C10H17NO. The normalized spacial score (nSPS) is 12.2. The number of allylic oxidation sites excluding steroid dienone is 1. The lowest BCUT2D eigenvalue weighted by atomic mass is 10.0. The Morgan fingerprint density at radius 2 is 2.17 bits per heavy atom. The van der Waals surface area contributed by atoms with Gasteiger partial charge in [-0.2, -0.15) is 0 Å². The Morgan fingerprint density at radius 3 is 2.58 bits per heavy atom. The second-order valence-electron chi connectivity index (χ2n) is 3.05. The Bertz CT molecular complexity index is 184. The second-order valence-corrected chi connectivity index (χ2v) is 3.05. The molecule has 68 valence electrons. The number of hydrogen-bond donors (Lipinski definition) is 1. The van der Waals surface area contributed by atoms with Crippen LogP contribution in [0.2, 0.25) is 0 Å². The summed E-state index contributed by atoms with van der Waals surface area (Å²) in [7, 11) is 0. The largest absolute Gasteiger partial charge is 0.321 e. The van der Waals surface area contributed by atoms with Crippen LogP contribution < -0.4 is 5.73 Å². The summed E-state index contributed by atoms with van der Waals surface area (Å²) in [6.45, 7) is 9.16. The second kappa shape index (κ2) is 5.72. The average Bonchev–Trinajstić information content (AvgIpc) is 2.00. The van der Waals surface area contributed by atoms with Gasteiger partial charge < -0.3 is 5.73 Å². The van der Waals surface area contributed by atoms with Crippen LogP contribution in [0.5, 0.6) is 0 Å². The van der Waals surface area contributed by atoms with E-state index in [2.05, 4.69) is 13.2 Å². The number of hydrogen-bond acceptors (Lipinski definition) is 2. The maximum atomic E-state index is 11.2. The van der Waals surface area contributed by atoms with Crippen molar-refractivity contribution in [3.63, 3.8) is 0 Å². The van der Waals surface area contributed by atoms with Gasteiger partial charge in [-0.3, -0.25) is 4.79 Å². The molecule has 0 aromatic heterocycles. The molecule has 0 rings (SSSR count). The van der Waals surface area contributed by atoms with Gasteiger partial charge in [-0.15, -0.1) is 13.2 Å². The Hall–Kier alpha value is -0.890. The predicted octanol–water partition coefficient (Wildman–Crippen LogP) is 1.82. The minimum atomic E-state index is -0.373. The highest BCUT2D eigenvalue weighted by atomic mass is 16.1. The summed E-state index contributed by atoms with van der Waals surface area (Å²) >= 11 is 0. The maximum absolute atomic E-state index is 11.2. The van der Waals surface area contributed by atoms with E-state index in [0.29, 0.717) is 12.8 Å². The first kappa shape index (κ1) is 11.1. The van der Waals surface area contributed by atoms with Crippen LogP contribution in [0.3, 0.4) is 0 Å². The van der Waals surface area contributed by atoms with Crippen LogP contribution in [0.4, 0.5) is 0 Å². The van der Waals surface area contributed by atoms with Gasteiger partial charge in [0.15, 0.2) is 0 Å². The van der Waals surface area contributed by atoms with Crippen LogP contribution >= 0.6 is 0 Å². The molecule has 1 unspecified atom stereocenters. The molecule has 0 saturated heterocycles. The summed E-state index contributed by atoms with van der Waals surface area (Å²) in [4.78, 5) is 11.2. The van der Waals surface area contributed by atoms with E-state index in [-0.39, 0.29) is 11.8 Å². The molecule has 12 heavy (non-hydrogen) atoms. The van der Waals surface area contributed by atoms with Crippen LogP contribution in [-0.2, 0) is 4.79 Å². The SMILES string of the molecule is C=CCC(N)C(=O)CCC(=C)C. The Labute approximate surface area is 74.1 Å². The molecule has 2 N–H and O–H groups in total. The molecule has 0 bridgehead atoms. The van der Waals surface area contributed by atoms with Crippen molar-refractivity contribution in [1.82, 2.24) is 0 Å². The molecule has 0 amide bonds. The number of Topliss-reactive ketones (excluding diaryl/α,β-unsaturated/α-hetero) is 1. The average molecular weight is 167 g/mol. The molecule has 0 saturated carbocycles. The molecule has 1 atom stereocenters. The van der Waals surface area contributed by atoms with Crippen molar-refractivity contribution >= 4 is 5.78 Å². The summed E-state index contributed by atoms with van der Waals surface area (Å²) in [5, 5.41) is 0. The monoisotopic (exact) mass is 167 g/mol. The Balaban J connectivity index is 3.71. The lowest BCUT2D eigenvalue weighted by Crippen LogP contribution is -2.29. The zero-order valence-corrected chi connectivity index (χ0v) is 7.68. The first-order chi connectivity index (χ1) is 5.57. The van der Waals surface area contributed by atoms with Crippen molar-refractivity contribution in [2.45, 2.75) is 32.2 Å². The van der Waals surface area contributed by atoms with E-state index in [1.807, 2.05) is 6.92 Å². The van der Waals surface area contributed by atoms with Gasteiger partial charge in [0.25, 0.3) is 0 Å². The maximum Gasteiger partial charge on any atom is 0.150 e. The molecule has 0 spiro atoms. The van der Waals surface area contributed by atoms with E-state index >= 15 is 0 Å². The van der Waals surface area contributed by atoms with Crippen molar-refractivity contribution in [2.24, 2.45) is 5.73 Å². The first-order valence-corrected chi connectivity index (χ1v) is 4.11. The van der Waals surface area contributed by atoms with Crippen molar-refractivity contribution in [2.75, 3.05) is 0 Å². The molecule has 0 radical (unpaired) electrons. The van der Waals surface area contributed by atoms with Gasteiger partial charge >= 0.3 is 0 Å². The van der Waals surface area contributed by atoms with Crippen LogP contribution in [0, 0.1) is 0 Å². The Kier molecular flexibility index (Phi) is 5.30. The van der Waals surface area contributed by atoms with Crippen LogP contribution in [0.15, 0.2) is 24.8 Å². The van der Waals surface area contributed by atoms with Crippen molar-refractivity contribution < 1.29 is 4.79 Å². The van der Waals surface area contributed by atoms with E-state index in [1.165, 1.54) is 0 Å². The standard InChI is InChI=1S/C10H17NO/c1-4-5-9(11)10(12)7-6-8(2)3/h4,9H,1-2,5-7,11H2,3H3. The third-order valence-electron chi connectivity index (χ3n) is 1.63. The summed E-state index contributed by atoms with van der Waals surface area (Å²) in [5.74, 6) is 0.0953. The van der Waals surface area contributed by atoms with E-state index < -0.39 is 0 Å². The third-order valence-corrected chi connectivity index (χ3v) is 1.63. The molecule has 0 aromatic carbocycles. The Morgan fingerprint density at radius 1 is 1.58 bits per heavy atom. The third kappa shape index (κ3) is 4.85. The van der Waals surface area contributed by atoms with E-state index in [1.54, 1.807) is 6.08 Å². The van der Waals surface area contributed by atoms with Gasteiger partial charge in [-0.25, -0.2) is 0 Å². The number of carbonyl (C=O) groups excluding carboxylic acids is 1. The number of ketones is 1. The van der Waals surface area contributed by atoms with Crippen LogP contribution in [0.1, 0.15) is 26.2 Å². The zero-order chi connectivity index (χ0) is 9.56. The number of rotatable bonds is 6. The molecule has 0 aliphatic heterocycles. The highest BCUT2D eigenvalue weighted by Gasteiger charge is 2.10. The summed E-state index contributed by atoms with van der Waals surface area (Å²) in [6.07, 6.45) is 3.48. The molecule has 2 heteroatoms. The zero-order valence-electron chi connectivity index (χ0n) is 7.68. The van der Waals surface area contributed by atoms with Gasteiger partial charge in [0.05, 0.1) is 6.04 Å². The minimum absolute atomic E-state index is 0.0953. The van der Waals surface area contributed by atoms with Gasteiger partial charge in [0.2, 0.25) is 0 Å². The quantitative estimate of drug-likeness (QED) is 0.613. The molecule has 0 aliphatic carbocycles. The van der Waals surface area contributed by atoms with E-state index in [0.717, 1.165) is 12.0 Å². The highest BCUT2D eigenvalue weighted by Crippen LogP contribution is 2.04. The van der Waals surface area contributed by atoms with Crippen molar-refractivity contribution in [3.05, 3.63) is 24.8 Å². The molecular weight excluding hydrogens is 150 g/mol. The predicted molar refractivity (Wildman–Crippen MR) is 51.8 cm³/mol. The fraction of sp³-hybridized carbons (Fsp3) is 0.500. The summed E-state index contributed by atoms with van der Waals surface area (Å²) in [6, 6.07) is -0.373.